The van der Waals surface area contributed by atoms with Gasteiger partial charge in [0.15, 0.2) is 0 Å². The van der Waals surface area contributed by atoms with Gasteiger partial charge in [0.05, 0.1) is 0 Å². The van der Waals surface area contributed by atoms with E-state index in [-0.39, 0.29) is 0 Å². The van der Waals surface area contributed by atoms with E-state index in [1.165, 1.54) is 83.6 Å². The number of piperidine rings is 1. The average molecular weight is 235 g/mol. The normalized spacial score (nSPS) is 34.2. The highest BCUT2D eigenvalue weighted by Gasteiger charge is 2.35. The van der Waals surface area contributed by atoms with Crippen LogP contribution in [0.25, 0.3) is 0 Å². The molecular weight excluding hydrogens is 206 g/mol. The fraction of sp³-hybridized carbons (Fsp3) is 1.00. The molecule has 1 aliphatic heterocycles. The number of rotatable bonds is 2. The van der Waals surface area contributed by atoms with Crippen molar-refractivity contribution in [2.24, 2.45) is 5.92 Å². The molecular formula is C16H29N. The lowest BCUT2D eigenvalue weighted by atomic mass is 9.79. The molecule has 0 aromatic carbocycles. The van der Waals surface area contributed by atoms with Crippen LogP contribution in [-0.4, -0.2) is 23.5 Å². The molecule has 2 saturated carbocycles. The maximum Gasteiger partial charge on any atom is 0.0126 e. The molecule has 0 aromatic rings. The van der Waals surface area contributed by atoms with Gasteiger partial charge in [0.25, 0.3) is 0 Å². The van der Waals surface area contributed by atoms with Crippen molar-refractivity contribution >= 4 is 0 Å². The molecule has 17 heavy (non-hydrogen) atoms. The first-order valence-corrected chi connectivity index (χ1v) is 8.21. The summed E-state index contributed by atoms with van der Waals surface area (Å²) in [5.41, 5.74) is 0. The number of likely N-dealkylation sites (tertiary alicyclic amines) is 1. The van der Waals surface area contributed by atoms with E-state index in [2.05, 4.69) is 4.90 Å². The van der Waals surface area contributed by atoms with Crippen LogP contribution in [0.2, 0.25) is 0 Å². The summed E-state index contributed by atoms with van der Waals surface area (Å²) in [4.78, 5) is 2.96. The molecule has 1 heterocycles. The van der Waals surface area contributed by atoms with E-state index in [0.717, 1.165) is 18.0 Å². The number of hydrogen-bond donors (Lipinski definition) is 0. The first-order valence-electron chi connectivity index (χ1n) is 8.21. The minimum absolute atomic E-state index is 0.974. The lowest BCUT2D eigenvalue weighted by Crippen LogP contribution is -2.49. The van der Waals surface area contributed by atoms with Crippen LogP contribution in [0.4, 0.5) is 0 Å². The topological polar surface area (TPSA) is 3.24 Å². The summed E-state index contributed by atoms with van der Waals surface area (Å²) in [7, 11) is 0. The molecule has 2 aliphatic carbocycles. The minimum atomic E-state index is 0.974. The van der Waals surface area contributed by atoms with Crippen molar-refractivity contribution in [3.8, 4) is 0 Å². The molecule has 1 atom stereocenters. The van der Waals surface area contributed by atoms with E-state index in [1.807, 2.05) is 0 Å². The van der Waals surface area contributed by atoms with E-state index in [4.69, 9.17) is 0 Å². The SMILES string of the molecule is C1CCC(C2CCCCN2C2CCCC2)CC1. The van der Waals surface area contributed by atoms with Gasteiger partial charge in [0, 0.05) is 12.1 Å². The fourth-order valence-electron chi connectivity index (χ4n) is 4.69. The largest absolute Gasteiger partial charge is 0.297 e. The zero-order chi connectivity index (χ0) is 11.5. The molecule has 0 radical (unpaired) electrons. The van der Waals surface area contributed by atoms with Crippen LogP contribution >= 0.6 is 0 Å². The summed E-state index contributed by atoms with van der Waals surface area (Å²) in [6.45, 7) is 1.42. The quantitative estimate of drug-likeness (QED) is 0.687. The van der Waals surface area contributed by atoms with Gasteiger partial charge >= 0.3 is 0 Å². The number of nitrogens with zero attached hydrogens (tertiary/aromatic N) is 1. The molecule has 1 saturated heterocycles. The molecule has 0 spiro atoms. The third kappa shape index (κ3) is 2.70. The zero-order valence-corrected chi connectivity index (χ0v) is 11.4. The van der Waals surface area contributed by atoms with Gasteiger partial charge < -0.3 is 0 Å². The van der Waals surface area contributed by atoms with Crippen LogP contribution in [0, 0.1) is 5.92 Å². The zero-order valence-electron chi connectivity index (χ0n) is 11.4. The molecule has 0 amide bonds. The Morgan fingerprint density at radius 1 is 0.588 bits per heavy atom. The highest BCUT2D eigenvalue weighted by molar-refractivity contribution is 4.90. The van der Waals surface area contributed by atoms with Crippen molar-refractivity contribution in [2.75, 3.05) is 6.54 Å². The molecule has 98 valence electrons. The average Bonchev–Trinajstić information content (AvgIpc) is 2.94. The van der Waals surface area contributed by atoms with Crippen molar-refractivity contribution in [2.45, 2.75) is 89.1 Å². The van der Waals surface area contributed by atoms with Crippen LogP contribution in [0.15, 0.2) is 0 Å². The predicted octanol–water partition coefficient (Wildman–Crippen LogP) is 4.36. The van der Waals surface area contributed by atoms with Crippen LogP contribution in [-0.2, 0) is 0 Å². The van der Waals surface area contributed by atoms with Gasteiger partial charge in [-0.1, -0.05) is 38.5 Å². The Kier molecular flexibility index (Phi) is 4.05. The van der Waals surface area contributed by atoms with Crippen molar-refractivity contribution in [1.29, 1.82) is 0 Å². The predicted molar refractivity (Wildman–Crippen MR) is 73.2 cm³/mol. The Balaban J connectivity index is 1.65. The first-order chi connectivity index (χ1) is 8.45. The second-order valence-corrected chi connectivity index (χ2v) is 6.64. The van der Waals surface area contributed by atoms with Gasteiger partial charge in [-0.05, 0) is 51.0 Å². The molecule has 3 fully saturated rings. The molecule has 1 nitrogen and oxygen atoms in total. The van der Waals surface area contributed by atoms with Crippen molar-refractivity contribution < 1.29 is 0 Å². The maximum absolute atomic E-state index is 2.96. The first kappa shape index (κ1) is 12.0. The van der Waals surface area contributed by atoms with Gasteiger partial charge in [0.2, 0.25) is 0 Å². The summed E-state index contributed by atoms with van der Waals surface area (Å²) in [6, 6.07) is 1.95. The van der Waals surface area contributed by atoms with Gasteiger partial charge in [0.1, 0.15) is 0 Å². The van der Waals surface area contributed by atoms with Gasteiger partial charge in [-0.2, -0.15) is 0 Å². The van der Waals surface area contributed by atoms with Gasteiger partial charge in [-0.15, -0.1) is 0 Å². The molecule has 3 aliphatic rings. The third-order valence-electron chi connectivity index (χ3n) is 5.58. The van der Waals surface area contributed by atoms with E-state index in [1.54, 1.807) is 0 Å². The van der Waals surface area contributed by atoms with Crippen molar-refractivity contribution in [3.05, 3.63) is 0 Å². The molecule has 0 bridgehead atoms. The van der Waals surface area contributed by atoms with E-state index in [9.17, 15) is 0 Å². The molecule has 3 rings (SSSR count). The van der Waals surface area contributed by atoms with Crippen LogP contribution in [0.5, 0.6) is 0 Å². The third-order valence-corrected chi connectivity index (χ3v) is 5.58. The highest BCUT2D eigenvalue weighted by atomic mass is 15.2. The van der Waals surface area contributed by atoms with Gasteiger partial charge in [-0.25, -0.2) is 0 Å². The fourth-order valence-corrected chi connectivity index (χ4v) is 4.69. The van der Waals surface area contributed by atoms with E-state index >= 15 is 0 Å². The molecule has 0 aromatic heterocycles. The van der Waals surface area contributed by atoms with Crippen LogP contribution in [0.1, 0.15) is 77.0 Å². The summed E-state index contributed by atoms with van der Waals surface area (Å²) < 4.78 is 0. The molecule has 1 heteroatoms. The number of hydrogen-bond acceptors (Lipinski definition) is 1. The molecule has 1 unspecified atom stereocenters. The lowest BCUT2D eigenvalue weighted by Gasteiger charge is -2.45. The van der Waals surface area contributed by atoms with Crippen LogP contribution in [0.3, 0.4) is 0 Å². The Bertz CT molecular complexity index is 226. The van der Waals surface area contributed by atoms with Crippen molar-refractivity contribution in [1.82, 2.24) is 4.90 Å². The van der Waals surface area contributed by atoms with Crippen molar-refractivity contribution in [3.63, 3.8) is 0 Å². The van der Waals surface area contributed by atoms with Gasteiger partial charge in [-0.3, -0.25) is 4.90 Å². The molecule has 0 N–H and O–H groups in total. The Morgan fingerprint density at radius 2 is 1.24 bits per heavy atom. The van der Waals surface area contributed by atoms with Crippen LogP contribution < -0.4 is 0 Å². The Labute approximate surface area is 107 Å². The highest BCUT2D eigenvalue weighted by Crippen LogP contribution is 2.37. The summed E-state index contributed by atoms with van der Waals surface area (Å²) in [5, 5.41) is 0. The maximum atomic E-state index is 2.96. The summed E-state index contributed by atoms with van der Waals surface area (Å²) in [5.74, 6) is 1.06. The Morgan fingerprint density at radius 3 is 2.00 bits per heavy atom. The van der Waals surface area contributed by atoms with E-state index in [0.29, 0.717) is 0 Å². The lowest BCUT2D eigenvalue weighted by molar-refractivity contribution is 0.0452. The van der Waals surface area contributed by atoms with E-state index < -0.39 is 0 Å². The summed E-state index contributed by atoms with van der Waals surface area (Å²) >= 11 is 0. The second kappa shape index (κ2) is 5.73. The minimum Gasteiger partial charge on any atom is -0.297 e. The summed E-state index contributed by atoms with van der Waals surface area (Å²) in [6.07, 6.45) is 18.1. The smallest absolute Gasteiger partial charge is 0.0126 e. The second-order valence-electron chi connectivity index (χ2n) is 6.64. The monoisotopic (exact) mass is 235 g/mol. The standard InChI is InChI=1S/C16H29N/c1-2-8-14(9-3-1)16-12-6-7-13-17(16)15-10-4-5-11-15/h14-16H,1-13H2. The Hall–Kier alpha value is -0.0400.